The van der Waals surface area contributed by atoms with Gasteiger partial charge in [-0.2, -0.15) is 0 Å². The maximum atomic E-state index is 12.5. The first-order valence-electron chi connectivity index (χ1n) is 7.94. The lowest BCUT2D eigenvalue weighted by Crippen LogP contribution is -2.14. The largest absolute Gasteiger partial charge is 0.497 e. The average Bonchev–Trinajstić information content (AvgIpc) is 3.14. The molecule has 0 saturated heterocycles. The molecule has 0 atom stereocenters. The number of aryl methyl sites for hydroxylation is 1. The summed E-state index contributed by atoms with van der Waals surface area (Å²) < 4.78 is 6.21. The second-order valence-electron chi connectivity index (χ2n) is 5.85. The van der Waals surface area contributed by atoms with E-state index < -0.39 is 0 Å². The Kier molecular flexibility index (Phi) is 3.89. The van der Waals surface area contributed by atoms with E-state index in [1.165, 1.54) is 11.3 Å². The number of hydrogen-bond acceptors (Lipinski definition) is 4. The van der Waals surface area contributed by atoms with Gasteiger partial charge in [-0.25, -0.2) is 4.98 Å². The molecule has 0 saturated carbocycles. The van der Waals surface area contributed by atoms with Crippen LogP contribution in [0.25, 0.3) is 21.1 Å². The molecular formula is C19H17N3O2S. The van der Waals surface area contributed by atoms with Gasteiger partial charge in [0.25, 0.3) is 0 Å². The molecule has 2 heterocycles. The number of fused-ring (bicyclic) bond motifs is 2. The fourth-order valence-corrected chi connectivity index (χ4v) is 3.88. The molecule has 0 spiro atoms. The Balaban J connectivity index is 1.56. The van der Waals surface area contributed by atoms with E-state index >= 15 is 0 Å². The van der Waals surface area contributed by atoms with Crippen molar-refractivity contribution in [3.8, 4) is 5.75 Å². The number of benzene rings is 2. The van der Waals surface area contributed by atoms with Crippen molar-refractivity contribution < 1.29 is 9.53 Å². The van der Waals surface area contributed by atoms with Gasteiger partial charge in [-0.05, 0) is 36.8 Å². The van der Waals surface area contributed by atoms with Gasteiger partial charge in [-0.1, -0.05) is 29.5 Å². The maximum Gasteiger partial charge on any atom is 0.230 e. The molecule has 0 unspecified atom stereocenters. The first-order chi connectivity index (χ1) is 12.1. The van der Waals surface area contributed by atoms with Crippen LogP contribution < -0.4 is 10.1 Å². The number of ether oxygens (including phenoxy) is 1. The van der Waals surface area contributed by atoms with E-state index in [0.717, 1.165) is 38.1 Å². The van der Waals surface area contributed by atoms with Gasteiger partial charge < -0.3 is 15.0 Å². The number of amides is 1. The Hall–Kier alpha value is -2.86. The lowest BCUT2D eigenvalue weighted by molar-refractivity contribution is -0.115. The fraction of sp³-hybridized carbons (Fsp3) is 0.158. The van der Waals surface area contributed by atoms with Crippen LogP contribution in [0.5, 0.6) is 5.75 Å². The molecule has 1 amide bonds. The molecule has 0 aliphatic rings. The zero-order valence-electron chi connectivity index (χ0n) is 13.9. The predicted octanol–water partition coefficient (Wildman–Crippen LogP) is 4.28. The summed E-state index contributed by atoms with van der Waals surface area (Å²) in [6.45, 7) is 1.99. The quantitative estimate of drug-likeness (QED) is 0.577. The Morgan fingerprint density at radius 1 is 1.28 bits per heavy atom. The number of aromatic nitrogens is 2. The highest BCUT2D eigenvalue weighted by molar-refractivity contribution is 7.22. The second-order valence-corrected chi connectivity index (χ2v) is 6.88. The third-order valence-corrected chi connectivity index (χ3v) is 5.14. The number of methoxy groups -OCH3 is 1. The summed E-state index contributed by atoms with van der Waals surface area (Å²) in [7, 11) is 1.63. The van der Waals surface area contributed by atoms with Gasteiger partial charge >= 0.3 is 0 Å². The molecule has 2 aromatic carbocycles. The van der Waals surface area contributed by atoms with Crippen molar-refractivity contribution in [1.29, 1.82) is 0 Å². The van der Waals surface area contributed by atoms with Crippen LogP contribution >= 0.6 is 11.3 Å². The Morgan fingerprint density at radius 2 is 2.12 bits per heavy atom. The summed E-state index contributed by atoms with van der Waals surface area (Å²) in [6.07, 6.45) is 0.315. The van der Waals surface area contributed by atoms with E-state index in [1.54, 1.807) is 7.11 Å². The first-order valence-corrected chi connectivity index (χ1v) is 8.76. The number of carbonyl (C=O) groups is 1. The molecule has 0 bridgehead atoms. The number of carbonyl (C=O) groups excluding carboxylic acids is 1. The zero-order valence-corrected chi connectivity index (χ0v) is 14.7. The number of aromatic amines is 1. The van der Waals surface area contributed by atoms with Gasteiger partial charge in [0, 0.05) is 16.6 Å². The lowest BCUT2D eigenvalue weighted by atomic mass is 10.1. The van der Waals surface area contributed by atoms with Gasteiger partial charge in [0.15, 0.2) is 5.13 Å². The van der Waals surface area contributed by atoms with Gasteiger partial charge in [0.05, 0.1) is 23.7 Å². The molecule has 126 valence electrons. The third kappa shape index (κ3) is 2.96. The van der Waals surface area contributed by atoms with Crippen molar-refractivity contribution in [3.05, 3.63) is 53.7 Å². The number of rotatable bonds is 4. The highest BCUT2D eigenvalue weighted by atomic mass is 32.1. The highest BCUT2D eigenvalue weighted by Gasteiger charge is 2.14. The van der Waals surface area contributed by atoms with Crippen LogP contribution in [0.3, 0.4) is 0 Å². The molecule has 2 aromatic heterocycles. The van der Waals surface area contributed by atoms with Crippen LogP contribution in [0, 0.1) is 6.92 Å². The molecule has 4 rings (SSSR count). The van der Waals surface area contributed by atoms with E-state index in [-0.39, 0.29) is 5.91 Å². The summed E-state index contributed by atoms with van der Waals surface area (Å²) in [5.41, 5.74) is 3.94. The maximum absolute atomic E-state index is 12.5. The molecule has 2 N–H and O–H groups in total. The summed E-state index contributed by atoms with van der Waals surface area (Å²) in [5, 5.41) is 4.60. The van der Waals surface area contributed by atoms with Gasteiger partial charge in [-0.15, -0.1) is 0 Å². The number of hydrogen-bond donors (Lipinski definition) is 2. The second kappa shape index (κ2) is 6.22. The number of thiazole rings is 1. The predicted molar refractivity (Wildman–Crippen MR) is 102 cm³/mol. The SMILES string of the molecule is COc1ccc2nc(NC(=O)Cc3c(C)[nH]c4ccccc34)sc2c1. The van der Waals surface area contributed by atoms with Crippen molar-refractivity contribution >= 4 is 43.5 Å². The average molecular weight is 351 g/mol. The van der Waals surface area contributed by atoms with Gasteiger partial charge in [0.1, 0.15) is 5.75 Å². The van der Waals surface area contributed by atoms with Crippen molar-refractivity contribution in [2.75, 3.05) is 12.4 Å². The normalized spacial score (nSPS) is 11.1. The van der Waals surface area contributed by atoms with Crippen molar-refractivity contribution in [2.45, 2.75) is 13.3 Å². The van der Waals surface area contributed by atoms with E-state index in [9.17, 15) is 4.79 Å². The number of H-pyrrole nitrogens is 1. The van der Waals surface area contributed by atoms with Gasteiger partial charge in [0.2, 0.25) is 5.91 Å². The minimum Gasteiger partial charge on any atom is -0.497 e. The van der Waals surface area contributed by atoms with Crippen molar-refractivity contribution in [3.63, 3.8) is 0 Å². The molecule has 6 heteroatoms. The number of para-hydroxylation sites is 1. The van der Waals surface area contributed by atoms with E-state index in [4.69, 9.17) is 4.74 Å². The Morgan fingerprint density at radius 3 is 2.96 bits per heavy atom. The molecule has 0 aliphatic carbocycles. The molecule has 5 nitrogen and oxygen atoms in total. The smallest absolute Gasteiger partial charge is 0.230 e. The fourth-order valence-electron chi connectivity index (χ4n) is 2.97. The molecule has 25 heavy (non-hydrogen) atoms. The van der Waals surface area contributed by atoms with Crippen molar-refractivity contribution in [2.24, 2.45) is 0 Å². The molecular weight excluding hydrogens is 334 g/mol. The molecule has 0 radical (unpaired) electrons. The van der Waals surface area contributed by atoms with E-state index in [1.807, 2.05) is 49.4 Å². The standard InChI is InChI=1S/C19H17N3O2S/c1-11-14(13-5-3-4-6-15(13)20-11)10-18(23)22-19-21-16-8-7-12(24-2)9-17(16)25-19/h3-9,20H,10H2,1-2H3,(H,21,22,23). The van der Waals surface area contributed by atoms with Crippen LogP contribution in [-0.4, -0.2) is 23.0 Å². The van der Waals surface area contributed by atoms with E-state index in [2.05, 4.69) is 15.3 Å². The zero-order chi connectivity index (χ0) is 17.4. The highest BCUT2D eigenvalue weighted by Crippen LogP contribution is 2.29. The molecule has 0 fully saturated rings. The van der Waals surface area contributed by atoms with Crippen LogP contribution in [0.4, 0.5) is 5.13 Å². The van der Waals surface area contributed by atoms with Crippen LogP contribution in [0.2, 0.25) is 0 Å². The molecule has 4 aromatic rings. The minimum absolute atomic E-state index is 0.0705. The number of nitrogens with zero attached hydrogens (tertiary/aromatic N) is 1. The summed E-state index contributed by atoms with van der Waals surface area (Å²) in [5.74, 6) is 0.710. The number of nitrogens with one attached hydrogen (secondary N) is 2. The van der Waals surface area contributed by atoms with Crippen molar-refractivity contribution in [1.82, 2.24) is 9.97 Å². The summed E-state index contributed by atoms with van der Waals surface area (Å²) in [4.78, 5) is 20.3. The Bertz CT molecular complexity index is 1080. The third-order valence-electron chi connectivity index (χ3n) is 4.21. The van der Waals surface area contributed by atoms with Crippen LogP contribution in [-0.2, 0) is 11.2 Å². The molecule has 0 aliphatic heterocycles. The summed E-state index contributed by atoms with van der Waals surface area (Å²) >= 11 is 1.44. The summed E-state index contributed by atoms with van der Waals surface area (Å²) in [6, 6.07) is 13.7. The number of anilines is 1. The lowest BCUT2D eigenvalue weighted by Gasteiger charge is -2.02. The van der Waals surface area contributed by atoms with E-state index in [0.29, 0.717) is 11.6 Å². The minimum atomic E-state index is -0.0705. The van der Waals surface area contributed by atoms with Crippen LogP contribution in [0.1, 0.15) is 11.3 Å². The first kappa shape index (κ1) is 15.7. The van der Waals surface area contributed by atoms with Gasteiger partial charge in [-0.3, -0.25) is 4.79 Å². The van der Waals surface area contributed by atoms with Crippen LogP contribution in [0.15, 0.2) is 42.5 Å². The Labute approximate surface area is 148 Å². The topological polar surface area (TPSA) is 67.0 Å². The monoisotopic (exact) mass is 351 g/mol.